The van der Waals surface area contributed by atoms with Crippen LogP contribution in [0.2, 0.25) is 0 Å². The molecule has 0 aliphatic heterocycles. The van der Waals surface area contributed by atoms with E-state index in [4.69, 9.17) is 10.5 Å². The van der Waals surface area contributed by atoms with Crippen LogP contribution in [0, 0.1) is 12.8 Å². The Bertz CT molecular complexity index is 367. The van der Waals surface area contributed by atoms with Crippen molar-refractivity contribution >= 4 is 5.69 Å². The van der Waals surface area contributed by atoms with Crippen molar-refractivity contribution in [2.24, 2.45) is 5.92 Å². The Kier molecular flexibility index (Phi) is 3.92. The van der Waals surface area contributed by atoms with E-state index in [0.717, 1.165) is 31.1 Å². The first-order valence-corrected chi connectivity index (χ1v) is 6.68. The summed E-state index contributed by atoms with van der Waals surface area (Å²) in [6.07, 6.45) is 6.31. The summed E-state index contributed by atoms with van der Waals surface area (Å²) in [5.41, 5.74) is 7.59. The zero-order valence-corrected chi connectivity index (χ0v) is 10.9. The summed E-state index contributed by atoms with van der Waals surface area (Å²) >= 11 is 0. The highest BCUT2D eigenvalue weighted by molar-refractivity contribution is 5.52. The predicted octanol–water partition coefficient (Wildman–Crippen LogP) is 2.75. The van der Waals surface area contributed by atoms with Crippen molar-refractivity contribution in [1.29, 1.82) is 0 Å². The van der Waals surface area contributed by atoms with Crippen molar-refractivity contribution in [2.75, 3.05) is 12.3 Å². The van der Waals surface area contributed by atoms with Gasteiger partial charge in [0.05, 0.1) is 12.3 Å². The molecule has 1 aromatic heterocycles. The smallest absolute Gasteiger partial charge is 0.236 e. The molecule has 1 aliphatic carbocycles. The summed E-state index contributed by atoms with van der Waals surface area (Å²) in [6.45, 7) is 5.73. The van der Waals surface area contributed by atoms with Gasteiger partial charge in [0.2, 0.25) is 5.88 Å². The van der Waals surface area contributed by atoms with Crippen LogP contribution in [0.5, 0.6) is 5.88 Å². The third-order valence-corrected chi connectivity index (χ3v) is 3.49. The maximum Gasteiger partial charge on any atom is 0.236 e. The van der Waals surface area contributed by atoms with E-state index in [2.05, 4.69) is 12.0 Å². The second-order valence-corrected chi connectivity index (χ2v) is 4.99. The normalized spacial score (nSPS) is 16.6. The van der Waals surface area contributed by atoms with Crippen molar-refractivity contribution in [1.82, 2.24) is 9.78 Å². The lowest BCUT2D eigenvalue weighted by Crippen LogP contribution is -2.12. The molecule has 0 radical (unpaired) electrons. The van der Waals surface area contributed by atoms with E-state index in [1.54, 1.807) is 0 Å². The van der Waals surface area contributed by atoms with Gasteiger partial charge in [-0.05, 0) is 32.1 Å². The standard InChI is InChI=1S/C13H23N3O/c1-3-8-16-13(12(14)10(2)15-16)17-9-11-6-4-5-7-11/h11H,3-9,14H2,1-2H3. The van der Waals surface area contributed by atoms with Crippen molar-refractivity contribution in [2.45, 2.75) is 52.5 Å². The van der Waals surface area contributed by atoms with E-state index >= 15 is 0 Å². The molecule has 4 nitrogen and oxygen atoms in total. The molecule has 0 spiro atoms. The number of hydrogen-bond donors (Lipinski definition) is 1. The Balaban J connectivity index is 2.02. The highest BCUT2D eigenvalue weighted by Crippen LogP contribution is 2.29. The molecule has 2 rings (SSSR count). The van der Waals surface area contributed by atoms with Crippen LogP contribution in [0.25, 0.3) is 0 Å². The minimum absolute atomic E-state index is 0.705. The number of rotatable bonds is 5. The molecule has 0 saturated heterocycles. The van der Waals surface area contributed by atoms with Gasteiger partial charge in [0, 0.05) is 6.54 Å². The first-order chi connectivity index (χ1) is 8.22. The molecule has 1 fully saturated rings. The van der Waals surface area contributed by atoms with E-state index in [0.29, 0.717) is 11.6 Å². The largest absolute Gasteiger partial charge is 0.476 e. The molecular weight excluding hydrogens is 214 g/mol. The second-order valence-electron chi connectivity index (χ2n) is 4.99. The van der Waals surface area contributed by atoms with Gasteiger partial charge in [0.25, 0.3) is 0 Å². The fourth-order valence-corrected chi connectivity index (χ4v) is 2.46. The van der Waals surface area contributed by atoms with Gasteiger partial charge >= 0.3 is 0 Å². The van der Waals surface area contributed by atoms with E-state index in [9.17, 15) is 0 Å². The lowest BCUT2D eigenvalue weighted by Gasteiger charge is -2.13. The SMILES string of the molecule is CCCn1nc(C)c(N)c1OCC1CCCC1. The van der Waals surface area contributed by atoms with Crippen LogP contribution in [-0.2, 0) is 6.54 Å². The first kappa shape index (κ1) is 12.3. The van der Waals surface area contributed by atoms with Gasteiger partial charge in [-0.1, -0.05) is 19.8 Å². The number of hydrogen-bond acceptors (Lipinski definition) is 3. The molecule has 0 atom stereocenters. The number of nitrogens with zero attached hydrogens (tertiary/aromatic N) is 2. The maximum atomic E-state index is 6.01. The maximum absolute atomic E-state index is 6.01. The van der Waals surface area contributed by atoms with Crippen LogP contribution < -0.4 is 10.5 Å². The van der Waals surface area contributed by atoms with E-state index in [-0.39, 0.29) is 0 Å². The van der Waals surface area contributed by atoms with Gasteiger partial charge in [0.15, 0.2) is 0 Å². The molecule has 1 saturated carbocycles. The summed E-state index contributed by atoms with van der Waals surface area (Å²) in [6, 6.07) is 0. The van der Waals surface area contributed by atoms with Gasteiger partial charge in [0.1, 0.15) is 5.69 Å². The van der Waals surface area contributed by atoms with E-state index in [1.807, 2.05) is 11.6 Å². The number of nitrogens with two attached hydrogens (primary N) is 1. The van der Waals surface area contributed by atoms with Crippen molar-refractivity contribution in [3.8, 4) is 5.88 Å². The topological polar surface area (TPSA) is 53.1 Å². The molecular formula is C13H23N3O. The van der Waals surface area contributed by atoms with E-state index in [1.165, 1.54) is 25.7 Å². The summed E-state index contributed by atoms with van der Waals surface area (Å²) in [7, 11) is 0. The molecule has 96 valence electrons. The average molecular weight is 237 g/mol. The lowest BCUT2D eigenvalue weighted by molar-refractivity contribution is 0.230. The number of ether oxygens (including phenoxy) is 1. The minimum Gasteiger partial charge on any atom is -0.476 e. The quantitative estimate of drug-likeness (QED) is 0.856. The molecule has 1 heterocycles. The fourth-order valence-electron chi connectivity index (χ4n) is 2.46. The lowest BCUT2D eigenvalue weighted by atomic mass is 10.1. The van der Waals surface area contributed by atoms with Gasteiger partial charge in [-0.25, -0.2) is 4.68 Å². The fraction of sp³-hybridized carbons (Fsp3) is 0.769. The Labute approximate surface area is 103 Å². The van der Waals surface area contributed by atoms with Gasteiger partial charge in [-0.15, -0.1) is 0 Å². The Hall–Kier alpha value is -1.19. The highest BCUT2D eigenvalue weighted by atomic mass is 16.5. The zero-order valence-electron chi connectivity index (χ0n) is 10.9. The number of nitrogen functional groups attached to an aromatic ring is 1. The second kappa shape index (κ2) is 5.43. The van der Waals surface area contributed by atoms with Crippen molar-refractivity contribution < 1.29 is 4.74 Å². The molecule has 17 heavy (non-hydrogen) atoms. The first-order valence-electron chi connectivity index (χ1n) is 6.68. The summed E-state index contributed by atoms with van der Waals surface area (Å²) in [5.74, 6) is 1.48. The van der Waals surface area contributed by atoms with Crippen LogP contribution in [0.1, 0.15) is 44.7 Å². The van der Waals surface area contributed by atoms with Crippen molar-refractivity contribution in [3.63, 3.8) is 0 Å². The summed E-state index contributed by atoms with van der Waals surface area (Å²) in [5, 5.41) is 4.41. The number of aromatic nitrogens is 2. The van der Waals surface area contributed by atoms with E-state index < -0.39 is 0 Å². The third-order valence-electron chi connectivity index (χ3n) is 3.49. The van der Waals surface area contributed by atoms with Crippen LogP contribution in [0.4, 0.5) is 5.69 Å². The minimum atomic E-state index is 0.705. The zero-order chi connectivity index (χ0) is 12.3. The number of anilines is 1. The Morgan fingerprint density at radius 3 is 2.76 bits per heavy atom. The van der Waals surface area contributed by atoms with Crippen molar-refractivity contribution in [3.05, 3.63) is 5.69 Å². The molecule has 0 aromatic carbocycles. The number of aryl methyl sites for hydroxylation is 2. The molecule has 1 aromatic rings. The molecule has 0 bridgehead atoms. The summed E-state index contributed by atoms with van der Waals surface area (Å²) in [4.78, 5) is 0. The van der Waals surface area contributed by atoms with Crippen LogP contribution >= 0.6 is 0 Å². The van der Waals surface area contributed by atoms with Gasteiger partial charge in [-0.3, -0.25) is 0 Å². The van der Waals surface area contributed by atoms with Crippen LogP contribution in [-0.4, -0.2) is 16.4 Å². The molecule has 0 amide bonds. The van der Waals surface area contributed by atoms with Gasteiger partial charge < -0.3 is 10.5 Å². The Morgan fingerprint density at radius 1 is 1.41 bits per heavy atom. The third kappa shape index (κ3) is 2.73. The average Bonchev–Trinajstić information content (AvgIpc) is 2.89. The van der Waals surface area contributed by atoms with Crippen LogP contribution in [0.15, 0.2) is 0 Å². The summed E-state index contributed by atoms with van der Waals surface area (Å²) < 4.78 is 7.80. The predicted molar refractivity (Wildman–Crippen MR) is 69.1 cm³/mol. The highest BCUT2D eigenvalue weighted by Gasteiger charge is 2.19. The molecule has 2 N–H and O–H groups in total. The monoisotopic (exact) mass is 237 g/mol. The van der Waals surface area contributed by atoms with Gasteiger partial charge in [-0.2, -0.15) is 5.10 Å². The molecule has 0 unspecified atom stereocenters. The Morgan fingerprint density at radius 2 is 2.12 bits per heavy atom. The molecule has 4 heteroatoms. The molecule has 1 aliphatic rings. The van der Waals surface area contributed by atoms with Crippen LogP contribution in [0.3, 0.4) is 0 Å².